The Morgan fingerprint density at radius 3 is 2.83 bits per heavy atom. The summed E-state index contributed by atoms with van der Waals surface area (Å²) in [6.07, 6.45) is 0. The molecule has 0 atom stereocenters. The van der Waals surface area contributed by atoms with E-state index in [1.807, 2.05) is 6.07 Å². The number of nitrogens with one attached hydrogen (secondary N) is 1. The zero-order valence-electron chi connectivity index (χ0n) is 9.54. The van der Waals surface area contributed by atoms with E-state index in [0.717, 1.165) is 5.69 Å². The van der Waals surface area contributed by atoms with E-state index in [4.69, 9.17) is 16.9 Å². The van der Waals surface area contributed by atoms with E-state index in [0.29, 0.717) is 11.4 Å². The molecular formula is C13H9ClFN3. The van der Waals surface area contributed by atoms with E-state index < -0.39 is 5.82 Å². The van der Waals surface area contributed by atoms with Crippen molar-refractivity contribution >= 4 is 23.1 Å². The van der Waals surface area contributed by atoms with Crippen LogP contribution in [0.25, 0.3) is 0 Å². The molecule has 18 heavy (non-hydrogen) atoms. The van der Waals surface area contributed by atoms with Crippen molar-refractivity contribution < 1.29 is 4.39 Å². The highest BCUT2D eigenvalue weighted by atomic mass is 35.5. The monoisotopic (exact) mass is 261 g/mol. The van der Waals surface area contributed by atoms with Crippen LogP contribution in [0.1, 0.15) is 11.3 Å². The van der Waals surface area contributed by atoms with Gasteiger partial charge in [-0.05, 0) is 31.2 Å². The SMILES string of the molecule is Cc1ccc(C#N)c(Nc2cccc(Cl)c2F)n1. The van der Waals surface area contributed by atoms with Crippen LogP contribution in [0.3, 0.4) is 0 Å². The van der Waals surface area contributed by atoms with Crippen LogP contribution in [0.5, 0.6) is 0 Å². The molecule has 1 heterocycles. The van der Waals surface area contributed by atoms with Gasteiger partial charge in [-0.25, -0.2) is 9.37 Å². The molecule has 0 radical (unpaired) electrons. The fourth-order valence-corrected chi connectivity index (χ4v) is 1.64. The van der Waals surface area contributed by atoms with E-state index in [1.54, 1.807) is 25.1 Å². The van der Waals surface area contributed by atoms with Gasteiger partial charge < -0.3 is 5.32 Å². The number of pyridine rings is 1. The highest BCUT2D eigenvalue weighted by Gasteiger charge is 2.09. The van der Waals surface area contributed by atoms with Gasteiger partial charge in [0, 0.05) is 5.69 Å². The molecule has 0 saturated carbocycles. The molecule has 90 valence electrons. The largest absolute Gasteiger partial charge is 0.337 e. The first-order chi connectivity index (χ1) is 8.61. The molecule has 0 bridgehead atoms. The Morgan fingerprint density at radius 1 is 1.33 bits per heavy atom. The Hall–Kier alpha value is -2.12. The molecule has 3 nitrogen and oxygen atoms in total. The molecule has 0 aliphatic rings. The number of nitrogens with zero attached hydrogens (tertiary/aromatic N) is 2. The van der Waals surface area contributed by atoms with Crippen molar-refractivity contribution in [2.24, 2.45) is 0 Å². The summed E-state index contributed by atoms with van der Waals surface area (Å²) in [5.74, 6) is -0.245. The fourth-order valence-electron chi connectivity index (χ4n) is 1.47. The number of benzene rings is 1. The molecule has 0 saturated heterocycles. The third-order valence-corrected chi connectivity index (χ3v) is 2.65. The van der Waals surface area contributed by atoms with Gasteiger partial charge >= 0.3 is 0 Å². The zero-order chi connectivity index (χ0) is 13.1. The van der Waals surface area contributed by atoms with Crippen LogP contribution in [0.4, 0.5) is 15.9 Å². The summed E-state index contributed by atoms with van der Waals surface area (Å²) in [5, 5.41) is 11.8. The van der Waals surface area contributed by atoms with Crippen molar-refractivity contribution in [3.63, 3.8) is 0 Å². The molecule has 0 aliphatic carbocycles. The quantitative estimate of drug-likeness (QED) is 0.895. The first-order valence-electron chi connectivity index (χ1n) is 5.20. The third kappa shape index (κ3) is 2.41. The van der Waals surface area contributed by atoms with Crippen LogP contribution >= 0.6 is 11.6 Å². The van der Waals surface area contributed by atoms with Gasteiger partial charge in [-0.15, -0.1) is 0 Å². The minimum absolute atomic E-state index is 0.0196. The average molecular weight is 262 g/mol. The van der Waals surface area contributed by atoms with Gasteiger partial charge in [-0.2, -0.15) is 5.26 Å². The number of hydrogen-bond acceptors (Lipinski definition) is 3. The summed E-state index contributed by atoms with van der Waals surface area (Å²) in [5.41, 5.74) is 1.27. The minimum atomic E-state index is -0.564. The second kappa shape index (κ2) is 5.03. The summed E-state index contributed by atoms with van der Waals surface area (Å²) in [6.45, 7) is 1.79. The maximum Gasteiger partial charge on any atom is 0.165 e. The smallest absolute Gasteiger partial charge is 0.165 e. The zero-order valence-corrected chi connectivity index (χ0v) is 10.3. The van der Waals surface area contributed by atoms with Crippen LogP contribution in [-0.4, -0.2) is 4.98 Å². The Labute approximate surface area is 109 Å². The molecule has 1 N–H and O–H groups in total. The molecule has 2 rings (SSSR count). The Balaban J connectivity index is 2.43. The lowest BCUT2D eigenvalue weighted by atomic mass is 10.2. The predicted octanol–water partition coefficient (Wildman–Crippen LogP) is 3.80. The molecule has 0 fully saturated rings. The second-order valence-electron chi connectivity index (χ2n) is 3.69. The number of nitriles is 1. The number of aryl methyl sites for hydroxylation is 1. The van der Waals surface area contributed by atoms with Crippen molar-refractivity contribution in [3.8, 4) is 6.07 Å². The van der Waals surface area contributed by atoms with Gasteiger partial charge in [0.25, 0.3) is 0 Å². The maximum absolute atomic E-state index is 13.7. The summed E-state index contributed by atoms with van der Waals surface area (Å²) in [6, 6.07) is 9.96. The van der Waals surface area contributed by atoms with Gasteiger partial charge in [0.1, 0.15) is 11.9 Å². The molecule has 0 unspecified atom stereocenters. The minimum Gasteiger partial charge on any atom is -0.337 e. The molecule has 0 spiro atoms. The predicted molar refractivity (Wildman–Crippen MR) is 68.4 cm³/mol. The van der Waals surface area contributed by atoms with Crippen LogP contribution in [-0.2, 0) is 0 Å². The van der Waals surface area contributed by atoms with Crippen molar-refractivity contribution in [2.75, 3.05) is 5.32 Å². The molecule has 2 aromatic rings. The maximum atomic E-state index is 13.7. The first kappa shape index (κ1) is 12.3. The molecule has 1 aromatic carbocycles. The Bertz CT molecular complexity index is 635. The van der Waals surface area contributed by atoms with E-state index in [-0.39, 0.29) is 10.7 Å². The van der Waals surface area contributed by atoms with E-state index in [1.165, 1.54) is 12.1 Å². The summed E-state index contributed by atoms with van der Waals surface area (Å²) < 4.78 is 13.7. The number of hydrogen-bond donors (Lipinski definition) is 1. The summed E-state index contributed by atoms with van der Waals surface area (Å²) in [7, 11) is 0. The Morgan fingerprint density at radius 2 is 2.11 bits per heavy atom. The summed E-state index contributed by atoms with van der Waals surface area (Å²) in [4.78, 5) is 4.17. The van der Waals surface area contributed by atoms with Gasteiger partial charge in [-0.1, -0.05) is 17.7 Å². The van der Waals surface area contributed by atoms with E-state index in [9.17, 15) is 4.39 Å². The standard InChI is InChI=1S/C13H9ClFN3/c1-8-5-6-9(7-16)13(17-8)18-11-4-2-3-10(14)12(11)15/h2-6H,1H3,(H,17,18). The lowest BCUT2D eigenvalue weighted by Gasteiger charge is -2.09. The van der Waals surface area contributed by atoms with Crippen LogP contribution in [0.2, 0.25) is 5.02 Å². The number of halogens is 2. The van der Waals surface area contributed by atoms with E-state index >= 15 is 0 Å². The molecule has 0 amide bonds. The fraction of sp³-hybridized carbons (Fsp3) is 0.0769. The van der Waals surface area contributed by atoms with Crippen LogP contribution in [0, 0.1) is 24.1 Å². The number of anilines is 2. The highest BCUT2D eigenvalue weighted by Crippen LogP contribution is 2.25. The second-order valence-corrected chi connectivity index (χ2v) is 4.09. The van der Waals surface area contributed by atoms with Crippen molar-refractivity contribution in [2.45, 2.75) is 6.92 Å². The summed E-state index contributed by atoms with van der Waals surface area (Å²) >= 11 is 5.68. The van der Waals surface area contributed by atoms with E-state index in [2.05, 4.69) is 10.3 Å². The van der Waals surface area contributed by atoms with Crippen molar-refractivity contribution in [1.82, 2.24) is 4.98 Å². The van der Waals surface area contributed by atoms with Crippen molar-refractivity contribution in [3.05, 3.63) is 52.4 Å². The third-order valence-electron chi connectivity index (χ3n) is 2.36. The molecular weight excluding hydrogens is 253 g/mol. The normalized spacial score (nSPS) is 9.89. The number of aromatic nitrogens is 1. The van der Waals surface area contributed by atoms with Crippen LogP contribution in [0.15, 0.2) is 30.3 Å². The number of rotatable bonds is 2. The lowest BCUT2D eigenvalue weighted by Crippen LogP contribution is -2.00. The first-order valence-corrected chi connectivity index (χ1v) is 5.58. The van der Waals surface area contributed by atoms with Crippen LogP contribution < -0.4 is 5.32 Å². The van der Waals surface area contributed by atoms with Gasteiger partial charge in [0.05, 0.1) is 16.3 Å². The topological polar surface area (TPSA) is 48.7 Å². The molecule has 1 aromatic heterocycles. The van der Waals surface area contributed by atoms with Crippen molar-refractivity contribution in [1.29, 1.82) is 5.26 Å². The Kier molecular flexibility index (Phi) is 3.45. The average Bonchev–Trinajstić information content (AvgIpc) is 2.35. The van der Waals surface area contributed by atoms with Gasteiger partial charge in [-0.3, -0.25) is 0 Å². The molecule has 5 heteroatoms. The van der Waals surface area contributed by atoms with Gasteiger partial charge in [0.15, 0.2) is 5.82 Å². The lowest BCUT2D eigenvalue weighted by molar-refractivity contribution is 0.632. The van der Waals surface area contributed by atoms with Gasteiger partial charge in [0.2, 0.25) is 0 Å². The molecule has 0 aliphatic heterocycles. The highest BCUT2D eigenvalue weighted by molar-refractivity contribution is 6.31.